The quantitative estimate of drug-likeness (QED) is 0.0212. The van der Waals surface area contributed by atoms with Crippen LogP contribution in [0.1, 0.15) is 128 Å². The normalized spacial score (nSPS) is 12.3. The lowest BCUT2D eigenvalue weighted by atomic mass is 9.71. The maximum atomic E-state index is 13.7. The van der Waals surface area contributed by atoms with E-state index in [1.165, 1.54) is 29.2 Å². The van der Waals surface area contributed by atoms with E-state index in [-0.39, 0.29) is 12.6 Å². The van der Waals surface area contributed by atoms with Gasteiger partial charge in [-0.25, -0.2) is 9.59 Å². The van der Waals surface area contributed by atoms with E-state index < -0.39 is 23.1 Å². The molecule has 11 nitrogen and oxygen atoms in total. The summed E-state index contributed by atoms with van der Waals surface area (Å²) in [7, 11) is 1.67. The van der Waals surface area contributed by atoms with E-state index in [4.69, 9.17) is 28.4 Å². The lowest BCUT2D eigenvalue weighted by Gasteiger charge is -2.33. The molecule has 2 unspecified atom stereocenters. The van der Waals surface area contributed by atoms with Crippen molar-refractivity contribution in [2.75, 3.05) is 30.1 Å². The Kier molecular flexibility index (Phi) is 22.1. The van der Waals surface area contributed by atoms with Crippen LogP contribution in [0.2, 0.25) is 0 Å². The van der Waals surface area contributed by atoms with Crippen LogP contribution in [0.5, 0.6) is 23.0 Å². The SMILES string of the molecule is COc1ccc(C(C)(c2ccc(OC(=O)Oc3ccc(C(C)(c4ccc(OC(=O)OCCCCCCCCCCOC(C)=O)cc4)c4ccc(N(c5ccc(C)cc5)c5ccc(C)cc5)cc4)cc3)cc2)c2ccc(N(c3ccc(C)cc3)c3ccc(C)cc3)cc2)cc1. The zero-order chi connectivity index (χ0) is 66.0. The van der Waals surface area contributed by atoms with Crippen molar-refractivity contribution in [2.24, 2.45) is 0 Å². The summed E-state index contributed by atoms with van der Waals surface area (Å²) in [5.74, 6) is 1.52. The van der Waals surface area contributed by atoms with Gasteiger partial charge in [0.15, 0.2) is 0 Å². The van der Waals surface area contributed by atoms with Crippen molar-refractivity contribution in [3.63, 3.8) is 0 Å². The second-order valence-electron chi connectivity index (χ2n) is 24.5. The van der Waals surface area contributed by atoms with Gasteiger partial charge in [-0.3, -0.25) is 4.79 Å². The molecule has 10 aromatic carbocycles. The zero-order valence-corrected chi connectivity index (χ0v) is 55.2. The summed E-state index contributed by atoms with van der Waals surface area (Å²) in [4.78, 5) is 42.1. The van der Waals surface area contributed by atoms with E-state index in [1.807, 2.05) is 48.5 Å². The maximum absolute atomic E-state index is 13.7. The number of methoxy groups -OCH3 is 1. The van der Waals surface area contributed by atoms with E-state index in [9.17, 15) is 14.4 Å². The van der Waals surface area contributed by atoms with Gasteiger partial charge in [0.25, 0.3) is 0 Å². The Balaban J connectivity index is 0.851. The fraction of sp³-hybridized carbons (Fsp3) is 0.241. The highest BCUT2D eigenvalue weighted by Crippen LogP contribution is 2.45. The lowest BCUT2D eigenvalue weighted by Crippen LogP contribution is -2.25. The number of ether oxygens (including phenoxy) is 6. The number of nitrogens with zero attached hydrogens (tertiary/aromatic N) is 2. The van der Waals surface area contributed by atoms with Crippen molar-refractivity contribution in [1.82, 2.24) is 0 Å². The Hall–Kier alpha value is -10.4. The molecule has 10 aromatic rings. The van der Waals surface area contributed by atoms with Gasteiger partial charge < -0.3 is 38.2 Å². The fourth-order valence-corrected chi connectivity index (χ4v) is 12.0. The number of carbonyl (C=O) groups excluding carboxylic acids is 3. The van der Waals surface area contributed by atoms with Crippen molar-refractivity contribution in [1.29, 1.82) is 0 Å². The van der Waals surface area contributed by atoms with Crippen LogP contribution in [0.3, 0.4) is 0 Å². The Morgan fingerprint density at radius 1 is 0.298 bits per heavy atom. The summed E-state index contributed by atoms with van der Waals surface area (Å²) >= 11 is 0. The average molecular weight is 1250 g/mol. The molecular weight excluding hydrogens is 1170 g/mol. The molecule has 0 radical (unpaired) electrons. The summed E-state index contributed by atoms with van der Waals surface area (Å²) in [5, 5.41) is 0. The van der Waals surface area contributed by atoms with Gasteiger partial charge in [0, 0.05) is 51.9 Å². The first kappa shape index (κ1) is 66.5. The molecular formula is C83H84N2O9. The van der Waals surface area contributed by atoms with Gasteiger partial charge in [-0.2, -0.15) is 0 Å². The molecule has 94 heavy (non-hydrogen) atoms. The predicted octanol–water partition coefficient (Wildman–Crippen LogP) is 21.4. The Morgan fingerprint density at radius 3 is 0.787 bits per heavy atom. The van der Waals surface area contributed by atoms with Gasteiger partial charge in [-0.15, -0.1) is 0 Å². The predicted molar refractivity (Wildman–Crippen MR) is 377 cm³/mol. The first-order chi connectivity index (χ1) is 45.6. The molecule has 0 heterocycles. The molecule has 0 spiro atoms. The molecule has 0 amide bonds. The minimum absolute atomic E-state index is 0.233. The van der Waals surface area contributed by atoms with Crippen LogP contribution < -0.4 is 28.7 Å². The number of carbonyl (C=O) groups is 3. The first-order valence-corrected chi connectivity index (χ1v) is 32.5. The highest BCUT2D eigenvalue weighted by atomic mass is 16.7. The Labute approximate surface area is 554 Å². The molecule has 10 rings (SSSR count). The maximum Gasteiger partial charge on any atom is 0.519 e. The molecule has 0 fully saturated rings. The van der Waals surface area contributed by atoms with E-state index >= 15 is 0 Å². The standard InChI is InChI=1S/C83H84N2O9/c1-59-17-37-70(38-18-59)84(71-39-19-60(2)20-40-71)74-45-25-64(26-46-74)82(6,66-29-49-76(89-8)50-30-66)68-33-53-78(54-34-68)93-81(88)94-79-55-35-69(36-56-79)83(7,65-27-47-75(48-28-65)85(72-41-21-61(3)22-42-72)73-43-23-62(4)24-44-73)67-31-51-77(52-32-67)92-80(87)91-58-16-14-12-10-9-11-13-15-57-90-63(5)86/h17-56H,9-16,57-58H2,1-8H3. The number of unbranched alkanes of at least 4 members (excludes halogenated alkanes) is 7. The molecule has 0 N–H and O–H groups in total. The van der Waals surface area contributed by atoms with Crippen molar-refractivity contribution < 1.29 is 42.8 Å². The molecule has 11 heteroatoms. The van der Waals surface area contributed by atoms with Gasteiger partial charge in [0.05, 0.1) is 20.3 Å². The van der Waals surface area contributed by atoms with Crippen LogP contribution in [0, 0.1) is 27.7 Å². The van der Waals surface area contributed by atoms with Crippen molar-refractivity contribution in [3.05, 3.63) is 298 Å². The van der Waals surface area contributed by atoms with Crippen LogP contribution in [-0.2, 0) is 25.1 Å². The topological polar surface area (TPSA) is 113 Å². The molecule has 480 valence electrons. The lowest BCUT2D eigenvalue weighted by molar-refractivity contribution is -0.141. The molecule has 0 aliphatic heterocycles. The third-order valence-electron chi connectivity index (χ3n) is 17.7. The molecule has 0 bridgehead atoms. The Morgan fingerprint density at radius 2 is 0.521 bits per heavy atom. The summed E-state index contributed by atoms with van der Waals surface area (Å²) in [5.41, 5.74) is 15.5. The largest absolute Gasteiger partial charge is 0.519 e. The van der Waals surface area contributed by atoms with Crippen molar-refractivity contribution in [3.8, 4) is 23.0 Å². The van der Waals surface area contributed by atoms with Gasteiger partial charge in [-0.1, -0.05) is 182 Å². The van der Waals surface area contributed by atoms with E-state index in [1.54, 1.807) is 43.5 Å². The van der Waals surface area contributed by atoms with Crippen molar-refractivity contribution in [2.45, 2.75) is 111 Å². The number of rotatable bonds is 27. The number of aryl methyl sites for hydroxylation is 4. The minimum atomic E-state index is -0.878. The second kappa shape index (κ2) is 31.3. The second-order valence-corrected chi connectivity index (χ2v) is 24.5. The van der Waals surface area contributed by atoms with Gasteiger partial charge in [0.1, 0.15) is 23.0 Å². The highest BCUT2D eigenvalue weighted by molar-refractivity contribution is 5.79. The number of anilines is 6. The van der Waals surface area contributed by atoms with Gasteiger partial charge in [-0.05, 0) is 209 Å². The van der Waals surface area contributed by atoms with Crippen LogP contribution in [0.15, 0.2) is 243 Å². The van der Waals surface area contributed by atoms with E-state index in [0.29, 0.717) is 23.9 Å². The van der Waals surface area contributed by atoms with Crippen LogP contribution >= 0.6 is 0 Å². The smallest absolute Gasteiger partial charge is 0.497 e. The van der Waals surface area contributed by atoms with Crippen LogP contribution in [-0.4, -0.2) is 38.6 Å². The third kappa shape index (κ3) is 16.6. The summed E-state index contributed by atoms with van der Waals surface area (Å²) < 4.78 is 33.5. The van der Waals surface area contributed by atoms with Crippen LogP contribution in [0.4, 0.5) is 43.7 Å². The number of hydrogen-bond donors (Lipinski definition) is 0. The summed E-state index contributed by atoms with van der Waals surface area (Å²) in [6.45, 7) is 14.9. The van der Waals surface area contributed by atoms with E-state index in [0.717, 1.165) is 125 Å². The highest BCUT2D eigenvalue weighted by Gasteiger charge is 2.34. The molecule has 0 aliphatic carbocycles. The average Bonchev–Trinajstić information content (AvgIpc) is 0.770. The third-order valence-corrected chi connectivity index (χ3v) is 17.7. The van der Waals surface area contributed by atoms with E-state index in [2.05, 4.69) is 209 Å². The van der Waals surface area contributed by atoms with Crippen molar-refractivity contribution >= 4 is 52.4 Å². The zero-order valence-electron chi connectivity index (χ0n) is 55.2. The molecule has 0 aliphatic rings. The van der Waals surface area contributed by atoms with Gasteiger partial charge in [0.2, 0.25) is 0 Å². The van der Waals surface area contributed by atoms with Gasteiger partial charge >= 0.3 is 18.3 Å². The Bertz CT molecular complexity index is 3970. The molecule has 0 aromatic heterocycles. The van der Waals surface area contributed by atoms with Crippen LogP contribution in [0.25, 0.3) is 0 Å². The number of esters is 1. The number of benzene rings is 10. The number of hydrogen-bond acceptors (Lipinski definition) is 11. The monoisotopic (exact) mass is 1250 g/mol. The minimum Gasteiger partial charge on any atom is -0.497 e. The summed E-state index contributed by atoms with van der Waals surface area (Å²) in [6.07, 6.45) is 6.38. The molecule has 2 atom stereocenters. The fourth-order valence-electron chi connectivity index (χ4n) is 12.0. The summed E-state index contributed by atoms with van der Waals surface area (Å²) in [6, 6.07) is 82.2. The molecule has 0 saturated heterocycles. The molecule has 0 saturated carbocycles. The first-order valence-electron chi connectivity index (χ1n) is 32.5.